The number of hydrazine groups is 2. The summed E-state index contributed by atoms with van der Waals surface area (Å²) in [5.41, 5.74) is 0.604. The minimum Gasteiger partial charge on any atom is -1.00 e. The molecule has 8 nitrogen and oxygen atoms in total. The molecule has 1 aliphatic rings. The Balaban J connectivity index is 0.00000274. The van der Waals surface area contributed by atoms with Crippen molar-refractivity contribution in [3.8, 4) is 0 Å². The van der Waals surface area contributed by atoms with Crippen LogP contribution < -0.4 is 31.8 Å². The van der Waals surface area contributed by atoms with E-state index in [9.17, 15) is 13.0 Å². The molecule has 0 bridgehead atoms. The number of nitrogens with zero attached hydrogens (tertiary/aromatic N) is 5. The maximum Gasteiger partial charge on any atom is 0.340 e. The van der Waals surface area contributed by atoms with E-state index in [4.69, 9.17) is 0 Å². The van der Waals surface area contributed by atoms with Gasteiger partial charge in [-0.25, -0.2) is 4.98 Å². The smallest absolute Gasteiger partial charge is 0.340 e. The monoisotopic (exact) mass is 559 g/mol. The summed E-state index contributed by atoms with van der Waals surface area (Å²) in [7, 11) is -2.99. The van der Waals surface area contributed by atoms with Gasteiger partial charge in [-0.1, -0.05) is 59.7 Å². The molecule has 1 aliphatic heterocycles. The Bertz CT molecular complexity index is 1290. The molecule has 34 heavy (non-hydrogen) atoms. The Morgan fingerprint density at radius 1 is 0.882 bits per heavy atom. The third-order valence-electron chi connectivity index (χ3n) is 5.56. The number of rotatable bonds is 5. The van der Waals surface area contributed by atoms with Crippen molar-refractivity contribution >= 4 is 43.6 Å². The second-order valence-electron chi connectivity index (χ2n) is 7.50. The van der Waals surface area contributed by atoms with Crippen LogP contribution in [0.2, 0.25) is 0 Å². The summed E-state index contributed by atoms with van der Waals surface area (Å²) < 4.78 is 36.6. The van der Waals surface area contributed by atoms with E-state index in [0.29, 0.717) is 16.5 Å². The molecule has 5 rings (SSSR count). The molecule has 2 heterocycles. The van der Waals surface area contributed by atoms with Gasteiger partial charge < -0.3 is 17.0 Å². The van der Waals surface area contributed by atoms with Gasteiger partial charge in [-0.3, -0.25) is 4.55 Å². The lowest BCUT2D eigenvalue weighted by Gasteiger charge is -2.41. The number of para-hydroxylation sites is 3. The van der Waals surface area contributed by atoms with Crippen molar-refractivity contribution in [2.45, 2.75) is 5.50 Å². The van der Waals surface area contributed by atoms with E-state index in [0.717, 1.165) is 5.69 Å². The molecule has 1 atom stereocenters. The highest BCUT2D eigenvalue weighted by Gasteiger charge is 2.66. The van der Waals surface area contributed by atoms with Gasteiger partial charge in [0, 0.05) is 42.9 Å². The molecule has 1 fully saturated rings. The van der Waals surface area contributed by atoms with Gasteiger partial charge in [0.1, 0.15) is 5.69 Å². The molecule has 11 heteroatoms. The summed E-state index contributed by atoms with van der Waals surface area (Å²) in [5.74, 6) is 0. The van der Waals surface area contributed by atoms with Crippen LogP contribution in [0, 0.1) is 0 Å². The van der Waals surface area contributed by atoms with E-state index in [1.165, 1.54) is 16.3 Å². The Hall–Kier alpha value is -2.80. The van der Waals surface area contributed by atoms with Crippen LogP contribution in [-0.4, -0.2) is 35.5 Å². The van der Waals surface area contributed by atoms with E-state index in [1.807, 2.05) is 101 Å². The van der Waals surface area contributed by atoms with Gasteiger partial charge in [-0.15, -0.1) is 26.1 Å². The van der Waals surface area contributed by atoms with Crippen molar-refractivity contribution in [3.05, 3.63) is 103 Å². The van der Waals surface area contributed by atoms with Crippen molar-refractivity contribution in [2.75, 3.05) is 17.3 Å². The molecule has 0 spiro atoms. The normalized spacial score (nSPS) is 18.0. The number of anilines is 2. The van der Waals surface area contributed by atoms with Crippen molar-refractivity contribution < 1.29 is 30.0 Å². The lowest BCUT2D eigenvalue weighted by molar-refractivity contribution is -0.0000107. The Labute approximate surface area is 212 Å². The Kier molecular flexibility index (Phi) is 6.76. The lowest BCUT2D eigenvalue weighted by atomic mass is 10.2. The summed E-state index contributed by atoms with van der Waals surface area (Å²) in [6.45, 7) is 0. The van der Waals surface area contributed by atoms with E-state index < -0.39 is 15.6 Å². The fourth-order valence-corrected chi connectivity index (χ4v) is 6.26. The molecule has 0 saturated carbocycles. The van der Waals surface area contributed by atoms with Crippen LogP contribution in [0.1, 0.15) is 0 Å². The summed E-state index contributed by atoms with van der Waals surface area (Å²) in [6, 6.07) is 28.1. The van der Waals surface area contributed by atoms with Gasteiger partial charge in [-0.05, 0) is 12.1 Å². The van der Waals surface area contributed by atoms with Gasteiger partial charge in [0.15, 0.2) is 11.4 Å². The first-order valence-electron chi connectivity index (χ1n) is 10.2. The van der Waals surface area contributed by atoms with Gasteiger partial charge in [-0.2, -0.15) is 8.42 Å². The fraction of sp³-hybridized carbons (Fsp3) is 0.0870. The third kappa shape index (κ3) is 3.80. The number of hydrogen-bond acceptors (Lipinski definition) is 7. The van der Waals surface area contributed by atoms with Gasteiger partial charge in [0.05, 0.1) is 0 Å². The molecule has 176 valence electrons. The molecule has 1 saturated heterocycles. The second kappa shape index (κ2) is 9.45. The molecule has 1 N–H and O–H groups in total. The fourth-order valence-electron chi connectivity index (χ4n) is 4.40. The van der Waals surface area contributed by atoms with Crippen molar-refractivity contribution in [1.82, 2.24) is 14.6 Å². The van der Waals surface area contributed by atoms with E-state index in [2.05, 4.69) is 4.98 Å². The summed E-state index contributed by atoms with van der Waals surface area (Å²) in [6.07, 6.45) is 1.66. The maximum atomic E-state index is 13.1. The average molecular weight is 560 g/mol. The van der Waals surface area contributed by atoms with Crippen LogP contribution in [0.4, 0.5) is 22.2 Å². The van der Waals surface area contributed by atoms with E-state index in [1.54, 1.807) is 18.4 Å². The highest BCUT2D eigenvalue weighted by atomic mass is 79.9. The predicted molar refractivity (Wildman–Crippen MR) is 131 cm³/mol. The van der Waals surface area contributed by atoms with Crippen LogP contribution in [0.3, 0.4) is 0 Å². The Morgan fingerprint density at radius 2 is 1.38 bits per heavy atom. The van der Waals surface area contributed by atoms with Crippen LogP contribution in [0.25, 0.3) is 0 Å². The van der Waals surface area contributed by atoms with Gasteiger partial charge in [0.25, 0.3) is 0 Å². The Morgan fingerprint density at radius 3 is 1.82 bits per heavy atom. The SMILES string of the molecule is CN1C(S(=O)(=O)O)[N+](c2ccccc2)(c2ccccc2)N(c2ccccc2)N1c1nccs1.[Br-]. The zero-order valence-electron chi connectivity index (χ0n) is 18.1. The van der Waals surface area contributed by atoms with Crippen LogP contribution in [0.15, 0.2) is 103 Å². The zero-order valence-corrected chi connectivity index (χ0v) is 21.3. The zero-order chi connectivity index (χ0) is 23.1. The number of hydrogen-bond donors (Lipinski definition) is 1. The molecular weight excluding hydrogens is 538 g/mol. The molecule has 3 aromatic carbocycles. The average Bonchev–Trinajstić information content (AvgIpc) is 3.45. The third-order valence-corrected chi connectivity index (χ3v) is 7.44. The number of thiazole rings is 1. The molecule has 0 aliphatic carbocycles. The van der Waals surface area contributed by atoms with Gasteiger partial charge >= 0.3 is 15.6 Å². The summed E-state index contributed by atoms with van der Waals surface area (Å²) >= 11 is 1.37. The molecule has 1 unspecified atom stereocenters. The first-order chi connectivity index (χ1) is 16.0. The topological polar surface area (TPSA) is 77.0 Å². The van der Waals surface area contributed by atoms with Crippen molar-refractivity contribution in [3.63, 3.8) is 0 Å². The van der Waals surface area contributed by atoms with E-state index in [-0.39, 0.29) is 21.6 Å². The van der Waals surface area contributed by atoms with Crippen molar-refractivity contribution in [1.29, 1.82) is 0 Å². The van der Waals surface area contributed by atoms with Crippen LogP contribution >= 0.6 is 11.3 Å². The largest absolute Gasteiger partial charge is 1.00 e. The molecule has 0 radical (unpaired) electrons. The maximum absolute atomic E-state index is 13.1. The van der Waals surface area contributed by atoms with Crippen LogP contribution in [-0.2, 0) is 10.1 Å². The number of aromatic nitrogens is 1. The summed E-state index contributed by atoms with van der Waals surface area (Å²) in [5, 5.41) is 7.45. The predicted octanol–water partition coefficient (Wildman–Crippen LogP) is 1.66. The summed E-state index contributed by atoms with van der Waals surface area (Å²) in [4.78, 5) is 4.47. The van der Waals surface area contributed by atoms with Crippen molar-refractivity contribution in [2.24, 2.45) is 0 Å². The number of quaternary nitrogens is 1. The minimum atomic E-state index is -4.63. The van der Waals surface area contributed by atoms with Crippen LogP contribution in [0.5, 0.6) is 0 Å². The highest BCUT2D eigenvalue weighted by molar-refractivity contribution is 7.86. The minimum absolute atomic E-state index is 0. The molecule has 1 aromatic heterocycles. The molecule has 4 aromatic rings. The quantitative estimate of drug-likeness (QED) is 0.294. The molecule has 0 amide bonds. The number of benzene rings is 3. The standard InChI is InChI=1S/C23H21N5O3S2.BrH/c1-25-23(33(29,30)31)28(20-13-7-3-8-14-20,21-15-9-4-10-16-21)27(19-11-5-2-6-12-19)26(25)22-24-17-18-32-22;/h2-18,23H,1H3;1H. The first-order valence-corrected chi connectivity index (χ1v) is 12.6. The molecular formula is C23H22BrN5O3S2. The van der Waals surface area contributed by atoms with Gasteiger partial charge in [0.2, 0.25) is 5.13 Å². The first kappa shape index (κ1) is 24.3. The number of halogens is 1. The highest BCUT2D eigenvalue weighted by Crippen LogP contribution is 2.50. The lowest BCUT2D eigenvalue weighted by Crippen LogP contribution is -3.00. The second-order valence-corrected chi connectivity index (χ2v) is 9.83. The van der Waals surface area contributed by atoms with E-state index >= 15 is 0 Å².